The highest BCUT2D eigenvalue weighted by Gasteiger charge is 2.33. The number of anilines is 1. The predicted octanol–water partition coefficient (Wildman–Crippen LogP) is 2.84. The van der Waals surface area contributed by atoms with Gasteiger partial charge in [0.25, 0.3) is 0 Å². The first-order chi connectivity index (χ1) is 15.3. The van der Waals surface area contributed by atoms with Gasteiger partial charge in [0.2, 0.25) is 21.8 Å². The van der Waals surface area contributed by atoms with Crippen LogP contribution in [0.4, 0.5) is 5.69 Å². The van der Waals surface area contributed by atoms with Crippen molar-refractivity contribution in [2.24, 2.45) is 5.92 Å². The van der Waals surface area contributed by atoms with Crippen molar-refractivity contribution < 1.29 is 18.0 Å². The quantitative estimate of drug-likeness (QED) is 0.726. The van der Waals surface area contributed by atoms with Crippen LogP contribution in [0.2, 0.25) is 0 Å². The standard InChI is InChI=1S/C24H29N3O4S/c1-18-9-11-22(12-10-18)32(30,31)26-13-3-6-20(17-26)24(29)25-16-19-5-2-7-21(15-19)27-14-4-8-23(27)28/h2,5,7,9-12,15,20H,3-4,6,8,13-14,16-17H2,1H3,(H,25,29)/t20-/m1/s1. The molecule has 0 saturated carbocycles. The molecular weight excluding hydrogens is 426 g/mol. The van der Waals surface area contributed by atoms with Crippen molar-refractivity contribution in [1.29, 1.82) is 0 Å². The van der Waals surface area contributed by atoms with Crippen molar-refractivity contribution in [3.8, 4) is 0 Å². The molecule has 2 aliphatic heterocycles. The van der Waals surface area contributed by atoms with Crippen LogP contribution in [-0.2, 0) is 26.2 Å². The van der Waals surface area contributed by atoms with Crippen molar-refractivity contribution in [2.45, 2.75) is 44.0 Å². The van der Waals surface area contributed by atoms with E-state index in [1.807, 2.05) is 31.2 Å². The van der Waals surface area contributed by atoms with Gasteiger partial charge in [0.15, 0.2) is 0 Å². The summed E-state index contributed by atoms with van der Waals surface area (Å²) in [5.74, 6) is -0.396. The van der Waals surface area contributed by atoms with Crippen molar-refractivity contribution >= 4 is 27.5 Å². The summed E-state index contributed by atoms with van der Waals surface area (Å²) >= 11 is 0. The molecule has 2 saturated heterocycles. The van der Waals surface area contributed by atoms with Crippen molar-refractivity contribution in [1.82, 2.24) is 9.62 Å². The lowest BCUT2D eigenvalue weighted by Crippen LogP contribution is -2.45. The molecule has 7 nitrogen and oxygen atoms in total. The summed E-state index contributed by atoms with van der Waals surface area (Å²) in [5.41, 5.74) is 2.76. The summed E-state index contributed by atoms with van der Waals surface area (Å²) < 4.78 is 27.4. The minimum atomic E-state index is -3.62. The molecule has 4 rings (SSSR count). The molecule has 1 N–H and O–H groups in total. The number of carbonyl (C=O) groups excluding carboxylic acids is 2. The number of hydrogen-bond donors (Lipinski definition) is 1. The molecule has 2 amide bonds. The second kappa shape index (κ2) is 9.42. The van der Waals surface area contributed by atoms with Crippen molar-refractivity contribution in [2.75, 3.05) is 24.5 Å². The smallest absolute Gasteiger partial charge is 0.243 e. The Balaban J connectivity index is 1.38. The maximum Gasteiger partial charge on any atom is 0.243 e. The highest BCUT2D eigenvalue weighted by atomic mass is 32.2. The Kier molecular flexibility index (Phi) is 6.62. The van der Waals surface area contributed by atoms with Gasteiger partial charge < -0.3 is 10.2 Å². The Labute approximate surface area is 189 Å². The zero-order valence-electron chi connectivity index (χ0n) is 18.3. The molecule has 2 aliphatic rings. The number of nitrogens with zero attached hydrogens (tertiary/aromatic N) is 2. The summed E-state index contributed by atoms with van der Waals surface area (Å²) in [6.45, 7) is 3.59. The van der Waals surface area contributed by atoms with Gasteiger partial charge in [-0.15, -0.1) is 0 Å². The molecule has 0 radical (unpaired) electrons. The lowest BCUT2D eigenvalue weighted by Gasteiger charge is -2.31. The van der Waals surface area contributed by atoms with E-state index in [1.165, 1.54) is 4.31 Å². The van der Waals surface area contributed by atoms with Crippen LogP contribution >= 0.6 is 0 Å². The van der Waals surface area contributed by atoms with Gasteiger partial charge in [0.1, 0.15) is 0 Å². The molecule has 0 aliphatic carbocycles. The molecule has 1 atom stereocenters. The van der Waals surface area contributed by atoms with Crippen LogP contribution in [0.3, 0.4) is 0 Å². The van der Waals surface area contributed by atoms with Gasteiger partial charge in [-0.05, 0) is 56.0 Å². The van der Waals surface area contributed by atoms with Crippen LogP contribution < -0.4 is 10.2 Å². The SMILES string of the molecule is Cc1ccc(S(=O)(=O)N2CCC[C@@H](C(=O)NCc3cccc(N4CCCC4=O)c3)C2)cc1. The van der Waals surface area contributed by atoms with Gasteiger partial charge in [-0.3, -0.25) is 9.59 Å². The Morgan fingerprint density at radius 1 is 1.09 bits per heavy atom. The van der Waals surface area contributed by atoms with E-state index in [0.717, 1.165) is 29.8 Å². The minimum absolute atomic E-state index is 0.128. The fourth-order valence-corrected chi connectivity index (χ4v) is 5.85. The topological polar surface area (TPSA) is 86.8 Å². The number of aryl methyl sites for hydroxylation is 1. The van der Waals surface area contributed by atoms with Crippen LogP contribution in [0.25, 0.3) is 0 Å². The molecule has 170 valence electrons. The van der Waals surface area contributed by atoms with E-state index in [-0.39, 0.29) is 29.2 Å². The van der Waals surface area contributed by atoms with Crippen LogP contribution in [0.15, 0.2) is 53.4 Å². The monoisotopic (exact) mass is 455 g/mol. The van der Waals surface area contributed by atoms with Crippen molar-refractivity contribution in [3.63, 3.8) is 0 Å². The Bertz CT molecular complexity index is 1100. The van der Waals surface area contributed by atoms with Crippen LogP contribution in [0.1, 0.15) is 36.8 Å². The first-order valence-corrected chi connectivity index (χ1v) is 12.5. The third kappa shape index (κ3) is 4.86. The highest BCUT2D eigenvalue weighted by molar-refractivity contribution is 7.89. The number of rotatable bonds is 6. The fourth-order valence-electron chi connectivity index (χ4n) is 4.32. The van der Waals surface area contributed by atoms with E-state index in [9.17, 15) is 18.0 Å². The normalized spacial score (nSPS) is 19.8. The predicted molar refractivity (Wildman–Crippen MR) is 123 cm³/mol. The summed E-state index contributed by atoms with van der Waals surface area (Å²) in [7, 11) is -3.62. The van der Waals surface area contributed by atoms with E-state index in [0.29, 0.717) is 32.4 Å². The minimum Gasteiger partial charge on any atom is -0.352 e. The van der Waals surface area contributed by atoms with Gasteiger partial charge in [-0.25, -0.2) is 8.42 Å². The molecule has 2 heterocycles. The van der Waals surface area contributed by atoms with Crippen LogP contribution in [-0.4, -0.2) is 44.2 Å². The largest absolute Gasteiger partial charge is 0.352 e. The van der Waals surface area contributed by atoms with Crippen LogP contribution in [0, 0.1) is 12.8 Å². The van der Waals surface area contributed by atoms with Crippen molar-refractivity contribution in [3.05, 3.63) is 59.7 Å². The summed E-state index contributed by atoms with van der Waals surface area (Å²) in [6, 6.07) is 14.4. The van der Waals surface area contributed by atoms with Gasteiger partial charge in [-0.2, -0.15) is 4.31 Å². The number of benzene rings is 2. The summed E-state index contributed by atoms with van der Waals surface area (Å²) in [5, 5.41) is 2.95. The molecule has 0 aromatic heterocycles. The molecule has 32 heavy (non-hydrogen) atoms. The molecule has 0 spiro atoms. The van der Waals surface area contributed by atoms with E-state index >= 15 is 0 Å². The Morgan fingerprint density at radius 2 is 1.88 bits per heavy atom. The summed E-state index contributed by atoms with van der Waals surface area (Å²) in [4.78, 5) is 26.9. The highest BCUT2D eigenvalue weighted by Crippen LogP contribution is 2.25. The summed E-state index contributed by atoms with van der Waals surface area (Å²) in [6.07, 6.45) is 2.75. The first kappa shape index (κ1) is 22.5. The zero-order chi connectivity index (χ0) is 22.7. The van der Waals surface area contributed by atoms with Gasteiger partial charge >= 0.3 is 0 Å². The van der Waals surface area contributed by atoms with E-state index in [1.54, 1.807) is 29.2 Å². The molecule has 2 aromatic rings. The molecule has 0 bridgehead atoms. The molecule has 0 unspecified atom stereocenters. The maximum atomic E-state index is 13.0. The number of nitrogens with one attached hydrogen (secondary N) is 1. The number of hydrogen-bond acceptors (Lipinski definition) is 4. The van der Waals surface area contributed by atoms with E-state index in [4.69, 9.17) is 0 Å². The van der Waals surface area contributed by atoms with Gasteiger partial charge in [0.05, 0.1) is 10.8 Å². The van der Waals surface area contributed by atoms with E-state index < -0.39 is 10.0 Å². The van der Waals surface area contributed by atoms with Gasteiger partial charge in [-0.1, -0.05) is 29.8 Å². The third-order valence-corrected chi connectivity index (χ3v) is 8.06. The average Bonchev–Trinajstić information content (AvgIpc) is 3.24. The molecule has 8 heteroatoms. The molecule has 2 aromatic carbocycles. The lowest BCUT2D eigenvalue weighted by atomic mass is 9.98. The third-order valence-electron chi connectivity index (χ3n) is 6.18. The fraction of sp³-hybridized carbons (Fsp3) is 0.417. The molecular formula is C24H29N3O4S. The average molecular weight is 456 g/mol. The number of sulfonamides is 1. The number of carbonyl (C=O) groups is 2. The first-order valence-electron chi connectivity index (χ1n) is 11.1. The van der Waals surface area contributed by atoms with Crippen LogP contribution in [0.5, 0.6) is 0 Å². The molecule has 2 fully saturated rings. The number of amides is 2. The maximum absolute atomic E-state index is 13.0. The Morgan fingerprint density at radius 3 is 2.59 bits per heavy atom. The van der Waals surface area contributed by atoms with Gasteiger partial charge in [0, 0.05) is 38.3 Å². The second-order valence-corrected chi connectivity index (χ2v) is 10.5. The second-order valence-electron chi connectivity index (χ2n) is 8.55. The lowest BCUT2D eigenvalue weighted by molar-refractivity contribution is -0.126. The number of piperidine rings is 1. The zero-order valence-corrected chi connectivity index (χ0v) is 19.1. The Hall–Kier alpha value is -2.71. The van der Waals surface area contributed by atoms with E-state index in [2.05, 4.69) is 5.32 Å².